The van der Waals surface area contributed by atoms with Crippen LogP contribution < -0.4 is 4.72 Å². The zero-order chi connectivity index (χ0) is 14.9. The average molecular weight is 319 g/mol. The fraction of sp³-hybridized carbons (Fsp3) is 0.0714. The van der Waals surface area contributed by atoms with Crippen LogP contribution in [0.1, 0.15) is 0 Å². The lowest BCUT2D eigenvalue weighted by atomic mass is 10.1. The van der Waals surface area contributed by atoms with Gasteiger partial charge in [0.1, 0.15) is 4.21 Å². The zero-order valence-corrected chi connectivity index (χ0v) is 12.9. The third kappa shape index (κ3) is 2.70. The number of sulfonamides is 1. The van der Waals surface area contributed by atoms with E-state index in [2.05, 4.69) is 9.82 Å². The Morgan fingerprint density at radius 3 is 2.57 bits per heavy atom. The Morgan fingerprint density at radius 1 is 1.14 bits per heavy atom. The average Bonchev–Trinajstić information content (AvgIpc) is 3.10. The molecule has 3 rings (SSSR count). The van der Waals surface area contributed by atoms with Gasteiger partial charge in [-0.2, -0.15) is 5.10 Å². The lowest BCUT2D eigenvalue weighted by Crippen LogP contribution is -2.12. The van der Waals surface area contributed by atoms with E-state index in [-0.39, 0.29) is 4.21 Å². The minimum Gasteiger partial charge on any atom is -0.275 e. The molecule has 0 amide bonds. The highest BCUT2D eigenvalue weighted by Crippen LogP contribution is 2.29. The van der Waals surface area contributed by atoms with Gasteiger partial charge in [-0.1, -0.05) is 36.4 Å². The lowest BCUT2D eigenvalue weighted by molar-refractivity contribution is 0.603. The van der Waals surface area contributed by atoms with E-state index in [0.717, 1.165) is 11.3 Å². The van der Waals surface area contributed by atoms with Gasteiger partial charge in [0.25, 0.3) is 10.0 Å². The molecule has 7 heteroatoms. The van der Waals surface area contributed by atoms with E-state index in [1.54, 1.807) is 29.2 Å². The van der Waals surface area contributed by atoms with Crippen molar-refractivity contribution in [2.24, 2.45) is 7.05 Å². The predicted molar refractivity (Wildman–Crippen MR) is 83.8 cm³/mol. The van der Waals surface area contributed by atoms with Crippen molar-refractivity contribution in [2.75, 3.05) is 4.72 Å². The first-order valence-corrected chi connectivity index (χ1v) is 8.58. The van der Waals surface area contributed by atoms with E-state index in [4.69, 9.17) is 0 Å². The molecule has 0 aliphatic carbocycles. The monoisotopic (exact) mass is 319 g/mol. The minimum atomic E-state index is -3.57. The number of benzene rings is 1. The first-order chi connectivity index (χ1) is 10.1. The van der Waals surface area contributed by atoms with Crippen LogP contribution in [0.4, 0.5) is 5.69 Å². The third-order valence-electron chi connectivity index (χ3n) is 2.99. The van der Waals surface area contributed by atoms with Crippen molar-refractivity contribution < 1.29 is 8.42 Å². The maximum absolute atomic E-state index is 12.3. The smallest absolute Gasteiger partial charge is 0.271 e. The summed E-state index contributed by atoms with van der Waals surface area (Å²) in [6, 6.07) is 12.8. The van der Waals surface area contributed by atoms with Crippen molar-refractivity contribution in [2.45, 2.75) is 4.21 Å². The molecule has 0 saturated carbocycles. The lowest BCUT2D eigenvalue weighted by Gasteiger charge is -2.08. The number of aryl methyl sites for hydroxylation is 1. The Bertz CT molecular complexity index is 838. The van der Waals surface area contributed by atoms with Crippen LogP contribution in [-0.2, 0) is 17.1 Å². The molecule has 21 heavy (non-hydrogen) atoms. The van der Waals surface area contributed by atoms with Gasteiger partial charge in [0.15, 0.2) is 0 Å². The highest BCUT2D eigenvalue weighted by Gasteiger charge is 2.19. The SMILES string of the molecule is Cn1ncc(NS(=O)(=O)c2cccs2)c1-c1ccccc1. The molecule has 2 aromatic heterocycles. The van der Waals surface area contributed by atoms with Crippen molar-refractivity contribution in [3.05, 3.63) is 54.0 Å². The van der Waals surface area contributed by atoms with E-state index in [1.807, 2.05) is 30.3 Å². The fourth-order valence-electron chi connectivity index (χ4n) is 2.06. The molecule has 0 spiro atoms. The van der Waals surface area contributed by atoms with Gasteiger partial charge in [0.05, 0.1) is 17.6 Å². The van der Waals surface area contributed by atoms with E-state index in [0.29, 0.717) is 5.69 Å². The summed E-state index contributed by atoms with van der Waals surface area (Å²) < 4.78 is 29.2. The maximum Gasteiger partial charge on any atom is 0.271 e. The normalized spacial score (nSPS) is 11.5. The molecular weight excluding hydrogens is 306 g/mol. The quantitative estimate of drug-likeness (QED) is 0.804. The van der Waals surface area contributed by atoms with Gasteiger partial charge in [-0.05, 0) is 11.4 Å². The molecule has 0 unspecified atom stereocenters. The van der Waals surface area contributed by atoms with Crippen LogP contribution in [0, 0.1) is 0 Å². The number of rotatable bonds is 4. The number of nitrogens with one attached hydrogen (secondary N) is 1. The Morgan fingerprint density at radius 2 is 1.90 bits per heavy atom. The number of aromatic nitrogens is 2. The molecule has 0 aliphatic rings. The van der Waals surface area contributed by atoms with Crippen LogP contribution >= 0.6 is 11.3 Å². The van der Waals surface area contributed by atoms with Crippen LogP contribution in [0.25, 0.3) is 11.3 Å². The molecule has 0 saturated heterocycles. The summed E-state index contributed by atoms with van der Waals surface area (Å²) in [5.74, 6) is 0. The second-order valence-electron chi connectivity index (χ2n) is 4.43. The predicted octanol–water partition coefficient (Wildman–Crippen LogP) is 2.95. The summed E-state index contributed by atoms with van der Waals surface area (Å²) in [4.78, 5) is 0. The van der Waals surface area contributed by atoms with Crippen LogP contribution in [0.2, 0.25) is 0 Å². The van der Waals surface area contributed by atoms with Crippen LogP contribution in [0.3, 0.4) is 0 Å². The van der Waals surface area contributed by atoms with E-state index in [9.17, 15) is 8.42 Å². The van der Waals surface area contributed by atoms with Crippen molar-refractivity contribution in [1.82, 2.24) is 9.78 Å². The summed E-state index contributed by atoms with van der Waals surface area (Å²) in [5.41, 5.74) is 2.11. The summed E-state index contributed by atoms with van der Waals surface area (Å²) >= 11 is 1.18. The molecule has 1 N–H and O–H groups in total. The number of hydrogen-bond donors (Lipinski definition) is 1. The molecule has 5 nitrogen and oxygen atoms in total. The second-order valence-corrected chi connectivity index (χ2v) is 7.29. The van der Waals surface area contributed by atoms with E-state index < -0.39 is 10.0 Å². The largest absolute Gasteiger partial charge is 0.275 e. The first kappa shape index (κ1) is 13.8. The van der Waals surface area contributed by atoms with Gasteiger partial charge in [-0.25, -0.2) is 8.42 Å². The van der Waals surface area contributed by atoms with Crippen LogP contribution in [0.5, 0.6) is 0 Å². The molecule has 0 fully saturated rings. The highest BCUT2D eigenvalue weighted by atomic mass is 32.2. The van der Waals surface area contributed by atoms with Gasteiger partial charge in [-0.3, -0.25) is 9.40 Å². The molecule has 0 atom stereocenters. The fourth-order valence-corrected chi connectivity index (χ4v) is 4.11. The summed E-state index contributed by atoms with van der Waals surface area (Å²) in [7, 11) is -1.79. The maximum atomic E-state index is 12.3. The van der Waals surface area contributed by atoms with Gasteiger partial charge in [-0.15, -0.1) is 11.3 Å². The Kier molecular flexibility index (Phi) is 3.52. The molecule has 2 heterocycles. The van der Waals surface area contributed by atoms with Crippen LogP contribution in [0.15, 0.2) is 58.3 Å². The van der Waals surface area contributed by atoms with Crippen molar-refractivity contribution in [1.29, 1.82) is 0 Å². The van der Waals surface area contributed by atoms with Crippen molar-refractivity contribution >= 4 is 27.0 Å². The molecule has 0 bridgehead atoms. The standard InChI is InChI=1S/C14H13N3O2S2/c1-17-14(11-6-3-2-4-7-11)12(10-15-17)16-21(18,19)13-8-5-9-20-13/h2-10,16H,1H3. The summed E-state index contributed by atoms with van der Waals surface area (Å²) in [6.45, 7) is 0. The van der Waals surface area contributed by atoms with Gasteiger partial charge < -0.3 is 0 Å². The van der Waals surface area contributed by atoms with Crippen LogP contribution in [-0.4, -0.2) is 18.2 Å². The number of nitrogens with zero attached hydrogens (tertiary/aromatic N) is 2. The second kappa shape index (κ2) is 5.34. The van der Waals surface area contributed by atoms with E-state index >= 15 is 0 Å². The summed E-state index contributed by atoms with van der Waals surface area (Å²) in [5, 5.41) is 5.88. The molecule has 0 aliphatic heterocycles. The summed E-state index contributed by atoms with van der Waals surface area (Å²) in [6.07, 6.45) is 1.52. The Labute approximate surface area is 126 Å². The van der Waals surface area contributed by atoms with Gasteiger partial charge in [0.2, 0.25) is 0 Å². The minimum absolute atomic E-state index is 0.283. The molecular formula is C14H13N3O2S2. The zero-order valence-electron chi connectivity index (χ0n) is 11.2. The Hall–Kier alpha value is -2.12. The number of thiophene rings is 1. The molecule has 1 aromatic carbocycles. The topological polar surface area (TPSA) is 64.0 Å². The van der Waals surface area contributed by atoms with Crippen molar-refractivity contribution in [3.8, 4) is 11.3 Å². The third-order valence-corrected chi connectivity index (χ3v) is 5.75. The van der Waals surface area contributed by atoms with E-state index in [1.165, 1.54) is 17.5 Å². The van der Waals surface area contributed by atoms with Crippen molar-refractivity contribution in [3.63, 3.8) is 0 Å². The highest BCUT2D eigenvalue weighted by molar-refractivity contribution is 7.94. The first-order valence-electron chi connectivity index (χ1n) is 6.22. The van der Waals surface area contributed by atoms with Gasteiger partial charge >= 0.3 is 0 Å². The molecule has 3 aromatic rings. The molecule has 108 valence electrons. The van der Waals surface area contributed by atoms with Gasteiger partial charge in [0, 0.05) is 12.6 Å². The number of anilines is 1. The molecule has 0 radical (unpaired) electrons. The number of hydrogen-bond acceptors (Lipinski definition) is 4. The Balaban J connectivity index is 2.02.